The molecule has 3 aromatic rings. The maximum atomic E-state index is 12.9. The lowest BCUT2D eigenvalue weighted by molar-refractivity contribution is -0.274. The van der Waals surface area contributed by atoms with Gasteiger partial charge in [0.25, 0.3) is 0 Å². The van der Waals surface area contributed by atoms with Gasteiger partial charge in [-0.05, 0) is 48.7 Å². The number of amides is 1. The Morgan fingerprint density at radius 2 is 1.81 bits per heavy atom. The first-order chi connectivity index (χ1) is 15.3. The minimum atomic E-state index is -4.74. The highest BCUT2D eigenvalue weighted by Crippen LogP contribution is 2.49. The van der Waals surface area contributed by atoms with E-state index in [0.717, 1.165) is 5.56 Å². The van der Waals surface area contributed by atoms with Crippen molar-refractivity contribution in [2.75, 3.05) is 6.79 Å². The van der Waals surface area contributed by atoms with Crippen LogP contribution in [0.4, 0.5) is 13.2 Å². The van der Waals surface area contributed by atoms with E-state index in [1.165, 1.54) is 24.3 Å². The molecule has 0 atom stereocenters. The number of nitrogens with one attached hydrogen (secondary N) is 1. The van der Waals surface area contributed by atoms with Crippen molar-refractivity contribution in [3.8, 4) is 28.6 Å². The van der Waals surface area contributed by atoms with E-state index in [9.17, 15) is 18.0 Å². The number of alkyl halides is 3. The molecule has 1 aliphatic carbocycles. The Morgan fingerprint density at radius 3 is 2.53 bits per heavy atom. The summed E-state index contributed by atoms with van der Waals surface area (Å²) in [6.07, 6.45) is -3.49. The van der Waals surface area contributed by atoms with Gasteiger partial charge in [-0.15, -0.1) is 13.2 Å². The van der Waals surface area contributed by atoms with Crippen LogP contribution < -0.4 is 19.5 Å². The monoisotopic (exact) mass is 446 g/mol. The molecular weight excluding hydrogens is 429 g/mol. The predicted octanol–water partition coefficient (Wildman–Crippen LogP) is 4.32. The summed E-state index contributed by atoms with van der Waals surface area (Å²) in [4.78, 5) is 12.9. The fourth-order valence-electron chi connectivity index (χ4n) is 3.57. The number of nitrogens with zero attached hydrogens (tertiary/aromatic N) is 1. The summed E-state index contributed by atoms with van der Waals surface area (Å²) in [5.41, 5.74) is 1.17. The number of hydrogen-bond acceptors (Lipinski definition) is 6. The van der Waals surface area contributed by atoms with Crippen molar-refractivity contribution >= 4 is 5.91 Å². The van der Waals surface area contributed by atoms with Crippen LogP contribution >= 0.6 is 0 Å². The van der Waals surface area contributed by atoms with Crippen LogP contribution in [-0.4, -0.2) is 24.2 Å². The number of carbonyl (C=O) groups is 1. The highest BCUT2D eigenvalue weighted by Gasteiger charge is 2.53. The quantitative estimate of drug-likeness (QED) is 0.608. The Hall–Kier alpha value is -3.69. The molecule has 2 aromatic carbocycles. The van der Waals surface area contributed by atoms with Gasteiger partial charge in [-0.1, -0.05) is 17.3 Å². The summed E-state index contributed by atoms with van der Waals surface area (Å²) >= 11 is 0. The molecule has 0 spiro atoms. The fraction of sp³-hybridized carbons (Fsp3) is 0.273. The van der Waals surface area contributed by atoms with Crippen LogP contribution in [0.3, 0.4) is 0 Å². The Morgan fingerprint density at radius 1 is 1.06 bits per heavy atom. The first-order valence-electron chi connectivity index (χ1n) is 9.83. The van der Waals surface area contributed by atoms with E-state index < -0.39 is 11.8 Å². The molecule has 1 N–H and O–H groups in total. The molecule has 7 nitrogen and oxygen atoms in total. The lowest BCUT2D eigenvalue weighted by Crippen LogP contribution is -2.34. The van der Waals surface area contributed by atoms with E-state index in [1.54, 1.807) is 18.2 Å². The van der Waals surface area contributed by atoms with Gasteiger partial charge < -0.3 is 24.1 Å². The fourth-order valence-corrected chi connectivity index (χ4v) is 3.57. The zero-order chi connectivity index (χ0) is 22.3. The molecule has 0 unspecified atom stereocenters. The molecule has 1 aromatic heterocycles. The summed E-state index contributed by atoms with van der Waals surface area (Å²) in [5.74, 6) is 1.26. The molecule has 0 bridgehead atoms. The van der Waals surface area contributed by atoms with Gasteiger partial charge in [0.2, 0.25) is 12.7 Å². The summed E-state index contributed by atoms with van der Waals surface area (Å²) in [7, 11) is 0. The van der Waals surface area contributed by atoms with E-state index in [-0.39, 0.29) is 25.0 Å². The lowest BCUT2D eigenvalue weighted by atomic mass is 10.00. The Bertz CT molecular complexity index is 1150. The van der Waals surface area contributed by atoms with E-state index in [4.69, 9.17) is 14.0 Å². The minimum Gasteiger partial charge on any atom is -0.454 e. The molecule has 0 radical (unpaired) electrons. The molecule has 1 amide bonds. The van der Waals surface area contributed by atoms with E-state index >= 15 is 0 Å². The number of halogens is 3. The second-order valence-electron chi connectivity index (χ2n) is 7.60. The van der Waals surface area contributed by atoms with Crippen LogP contribution in [0, 0.1) is 0 Å². The maximum absolute atomic E-state index is 12.9. The number of hydrogen-bond donors (Lipinski definition) is 1. The van der Waals surface area contributed by atoms with E-state index in [1.807, 2.05) is 6.07 Å². The summed E-state index contributed by atoms with van der Waals surface area (Å²) in [6.45, 7) is 0.335. The molecule has 10 heteroatoms. The third-order valence-electron chi connectivity index (χ3n) is 5.45. The Balaban J connectivity index is 1.24. The van der Waals surface area contributed by atoms with E-state index in [2.05, 4.69) is 15.2 Å². The molecule has 1 saturated carbocycles. The maximum Gasteiger partial charge on any atom is 0.573 e. The van der Waals surface area contributed by atoms with Crippen molar-refractivity contribution in [3.63, 3.8) is 0 Å². The third kappa shape index (κ3) is 3.95. The average molecular weight is 446 g/mol. The van der Waals surface area contributed by atoms with Gasteiger partial charge in [0, 0.05) is 18.2 Å². The molecule has 166 valence electrons. The van der Waals surface area contributed by atoms with Crippen molar-refractivity contribution in [2.45, 2.75) is 31.2 Å². The smallest absolute Gasteiger partial charge is 0.454 e. The third-order valence-corrected chi connectivity index (χ3v) is 5.45. The van der Waals surface area contributed by atoms with Gasteiger partial charge in [0.15, 0.2) is 17.3 Å². The minimum absolute atomic E-state index is 0.166. The number of rotatable bonds is 6. The number of fused-ring (bicyclic) bond motifs is 1. The van der Waals surface area contributed by atoms with Crippen molar-refractivity contribution in [1.29, 1.82) is 0 Å². The zero-order valence-electron chi connectivity index (χ0n) is 16.6. The number of ether oxygens (including phenoxy) is 3. The molecule has 2 aliphatic rings. The van der Waals surface area contributed by atoms with Crippen LogP contribution in [0.2, 0.25) is 0 Å². The molecule has 1 aliphatic heterocycles. The van der Waals surface area contributed by atoms with Crippen LogP contribution in [0.5, 0.6) is 17.2 Å². The van der Waals surface area contributed by atoms with Gasteiger partial charge in [0.1, 0.15) is 5.75 Å². The normalized spacial score (nSPS) is 16.0. The largest absolute Gasteiger partial charge is 0.573 e. The van der Waals surface area contributed by atoms with Crippen molar-refractivity contribution in [1.82, 2.24) is 10.5 Å². The number of aromatic nitrogens is 1. The van der Waals surface area contributed by atoms with Crippen molar-refractivity contribution in [2.24, 2.45) is 0 Å². The van der Waals surface area contributed by atoms with Gasteiger partial charge in [-0.2, -0.15) is 0 Å². The first kappa shape index (κ1) is 20.2. The predicted molar refractivity (Wildman–Crippen MR) is 104 cm³/mol. The van der Waals surface area contributed by atoms with Crippen LogP contribution in [0.1, 0.15) is 24.1 Å². The molecule has 0 saturated heterocycles. The molecule has 32 heavy (non-hydrogen) atoms. The van der Waals surface area contributed by atoms with Crippen LogP contribution in [0.15, 0.2) is 53.1 Å². The second kappa shape index (κ2) is 7.47. The summed E-state index contributed by atoms with van der Waals surface area (Å²) < 4.78 is 56.8. The van der Waals surface area contributed by atoms with Gasteiger partial charge in [0.05, 0.1) is 11.1 Å². The average Bonchev–Trinajstić information content (AvgIpc) is 3.19. The van der Waals surface area contributed by atoms with E-state index in [0.29, 0.717) is 41.4 Å². The van der Waals surface area contributed by atoms with Crippen LogP contribution in [0.25, 0.3) is 11.3 Å². The Labute approximate surface area is 180 Å². The lowest BCUT2D eigenvalue weighted by Gasteiger charge is -2.13. The van der Waals surface area contributed by atoms with Crippen LogP contribution in [-0.2, 0) is 16.8 Å². The van der Waals surface area contributed by atoms with Crippen molar-refractivity contribution < 1.29 is 36.7 Å². The molecule has 2 heterocycles. The standard InChI is InChI=1S/C22H17F3N2O5/c23-22(24,25)31-15-4-1-13(2-5-15)11-26-20(28)21(7-8-21)19-10-17(32-27-19)14-3-6-16-18(9-14)30-12-29-16/h1-6,9-10H,7-8,11-12H2,(H,26,28). The summed E-state index contributed by atoms with van der Waals surface area (Å²) in [6, 6.07) is 12.5. The SMILES string of the molecule is O=C(NCc1ccc(OC(F)(F)F)cc1)C1(c2cc(-c3ccc4c(c3)OCO4)on2)CC1. The van der Waals surface area contributed by atoms with Gasteiger partial charge in [-0.25, -0.2) is 0 Å². The topological polar surface area (TPSA) is 82.8 Å². The van der Waals surface area contributed by atoms with Crippen molar-refractivity contribution in [3.05, 3.63) is 59.8 Å². The zero-order valence-corrected chi connectivity index (χ0v) is 16.6. The highest BCUT2D eigenvalue weighted by atomic mass is 19.4. The summed E-state index contributed by atoms with van der Waals surface area (Å²) in [5, 5.41) is 6.94. The molecule has 1 fully saturated rings. The van der Waals surface area contributed by atoms with Gasteiger partial charge in [-0.3, -0.25) is 4.79 Å². The second-order valence-corrected chi connectivity index (χ2v) is 7.60. The Kier molecular flexibility index (Phi) is 4.72. The molecular formula is C22H17F3N2O5. The van der Waals surface area contributed by atoms with Gasteiger partial charge >= 0.3 is 6.36 Å². The molecule has 5 rings (SSSR count). The number of benzene rings is 2. The number of carbonyl (C=O) groups excluding carboxylic acids is 1. The highest BCUT2D eigenvalue weighted by molar-refractivity contribution is 5.91. The first-order valence-corrected chi connectivity index (χ1v) is 9.83.